The second kappa shape index (κ2) is 2.58. The van der Waals surface area contributed by atoms with Crippen LogP contribution in [0.1, 0.15) is 6.42 Å². The molecule has 0 aromatic heterocycles. The predicted octanol–water partition coefficient (Wildman–Crippen LogP) is -0.221. The Morgan fingerprint density at radius 3 is 2.30 bits per heavy atom. The molecule has 1 saturated heterocycles. The zero-order chi connectivity index (χ0) is 7.72. The van der Waals surface area contributed by atoms with E-state index in [0.717, 1.165) is 13.0 Å². The highest BCUT2D eigenvalue weighted by Gasteiger charge is 2.31. The minimum absolute atomic E-state index is 0.162. The van der Waals surface area contributed by atoms with E-state index < -0.39 is 0 Å². The predicted molar refractivity (Wildman–Crippen MR) is 39.7 cm³/mol. The standard InChI is InChI=1S/C7H14N2O/c1-8(2)7(10)6-4-5-9(6)3/h6H,4-5H2,1-3H3/t6-/m0/s1. The van der Waals surface area contributed by atoms with Gasteiger partial charge in [0, 0.05) is 20.6 Å². The Morgan fingerprint density at radius 1 is 1.60 bits per heavy atom. The van der Waals surface area contributed by atoms with Crippen molar-refractivity contribution in [3.63, 3.8) is 0 Å². The highest BCUT2D eigenvalue weighted by atomic mass is 16.2. The Kier molecular flexibility index (Phi) is 1.94. The van der Waals surface area contributed by atoms with Crippen LogP contribution in [0, 0.1) is 0 Å². The van der Waals surface area contributed by atoms with E-state index in [1.807, 2.05) is 7.05 Å². The maximum atomic E-state index is 11.2. The molecule has 1 aliphatic heterocycles. The normalized spacial score (nSPS) is 25.7. The molecule has 1 aliphatic rings. The van der Waals surface area contributed by atoms with Crippen molar-refractivity contribution in [1.29, 1.82) is 0 Å². The molecule has 3 nitrogen and oxygen atoms in total. The largest absolute Gasteiger partial charge is 0.347 e. The van der Waals surface area contributed by atoms with Crippen LogP contribution >= 0.6 is 0 Å². The number of nitrogens with zero attached hydrogens (tertiary/aromatic N) is 2. The minimum atomic E-state index is 0.162. The molecule has 10 heavy (non-hydrogen) atoms. The molecular weight excluding hydrogens is 128 g/mol. The maximum Gasteiger partial charge on any atom is 0.239 e. The molecule has 0 radical (unpaired) electrons. The molecule has 1 heterocycles. The van der Waals surface area contributed by atoms with Crippen molar-refractivity contribution >= 4 is 5.91 Å². The maximum absolute atomic E-state index is 11.2. The highest BCUT2D eigenvalue weighted by Crippen LogP contribution is 2.15. The smallest absolute Gasteiger partial charge is 0.239 e. The third-order valence-corrected chi connectivity index (χ3v) is 2.01. The molecule has 1 amide bonds. The second-order valence-electron chi connectivity index (χ2n) is 3.02. The van der Waals surface area contributed by atoms with Gasteiger partial charge in [0.15, 0.2) is 0 Å². The molecule has 0 N–H and O–H groups in total. The molecule has 0 unspecified atom stereocenters. The minimum Gasteiger partial charge on any atom is -0.347 e. The average Bonchev–Trinajstić information content (AvgIpc) is 1.84. The summed E-state index contributed by atoms with van der Waals surface area (Å²) in [7, 11) is 5.58. The van der Waals surface area contributed by atoms with Crippen molar-refractivity contribution in [2.75, 3.05) is 27.7 Å². The van der Waals surface area contributed by atoms with Crippen molar-refractivity contribution in [1.82, 2.24) is 9.80 Å². The van der Waals surface area contributed by atoms with Crippen molar-refractivity contribution in [2.24, 2.45) is 0 Å². The van der Waals surface area contributed by atoms with Crippen LogP contribution in [0.4, 0.5) is 0 Å². The van der Waals surface area contributed by atoms with Crippen molar-refractivity contribution < 1.29 is 4.79 Å². The van der Waals surface area contributed by atoms with E-state index in [4.69, 9.17) is 0 Å². The van der Waals surface area contributed by atoms with Gasteiger partial charge in [-0.1, -0.05) is 0 Å². The Labute approximate surface area is 61.6 Å². The lowest BCUT2D eigenvalue weighted by Gasteiger charge is -2.37. The lowest BCUT2D eigenvalue weighted by molar-refractivity contribution is -0.137. The van der Waals surface area contributed by atoms with Gasteiger partial charge in [0.2, 0.25) is 5.91 Å². The lowest BCUT2D eigenvalue weighted by atomic mass is 10.0. The summed E-state index contributed by atoms with van der Waals surface area (Å²) in [4.78, 5) is 14.9. The molecule has 1 fully saturated rings. The topological polar surface area (TPSA) is 23.6 Å². The summed E-state index contributed by atoms with van der Waals surface area (Å²) in [6.45, 7) is 1.06. The van der Waals surface area contributed by atoms with Gasteiger partial charge in [-0.25, -0.2) is 0 Å². The summed E-state index contributed by atoms with van der Waals surface area (Å²) in [5, 5.41) is 0. The summed E-state index contributed by atoms with van der Waals surface area (Å²) in [6.07, 6.45) is 1.02. The van der Waals surface area contributed by atoms with Crippen molar-refractivity contribution in [3.05, 3.63) is 0 Å². The fourth-order valence-electron chi connectivity index (χ4n) is 1.13. The number of likely N-dealkylation sites (N-methyl/N-ethyl adjacent to an activating group) is 2. The molecule has 0 bridgehead atoms. The average molecular weight is 142 g/mol. The summed E-state index contributed by atoms with van der Waals surface area (Å²) in [6, 6.07) is 0.162. The van der Waals surface area contributed by atoms with Crippen LogP contribution in [0.3, 0.4) is 0 Å². The monoisotopic (exact) mass is 142 g/mol. The van der Waals surface area contributed by atoms with Gasteiger partial charge in [-0.3, -0.25) is 9.69 Å². The van der Waals surface area contributed by atoms with Gasteiger partial charge in [0.05, 0.1) is 6.04 Å². The highest BCUT2D eigenvalue weighted by molar-refractivity contribution is 5.82. The van der Waals surface area contributed by atoms with Crippen LogP contribution in [-0.4, -0.2) is 49.4 Å². The number of hydrogen-bond donors (Lipinski definition) is 0. The van der Waals surface area contributed by atoms with Crippen molar-refractivity contribution in [2.45, 2.75) is 12.5 Å². The number of carbonyl (C=O) groups excluding carboxylic acids is 1. The first-order chi connectivity index (χ1) is 4.63. The number of hydrogen-bond acceptors (Lipinski definition) is 2. The van der Waals surface area contributed by atoms with E-state index in [2.05, 4.69) is 4.90 Å². The van der Waals surface area contributed by atoms with Crippen LogP contribution in [0.15, 0.2) is 0 Å². The molecule has 0 saturated carbocycles. The van der Waals surface area contributed by atoms with Gasteiger partial charge in [0.1, 0.15) is 0 Å². The van der Waals surface area contributed by atoms with Gasteiger partial charge >= 0.3 is 0 Å². The summed E-state index contributed by atoms with van der Waals surface area (Å²) in [5.41, 5.74) is 0. The number of carbonyl (C=O) groups is 1. The van der Waals surface area contributed by atoms with Crippen LogP contribution in [0.2, 0.25) is 0 Å². The Morgan fingerprint density at radius 2 is 2.20 bits per heavy atom. The van der Waals surface area contributed by atoms with E-state index in [0.29, 0.717) is 0 Å². The molecule has 1 rings (SSSR count). The van der Waals surface area contributed by atoms with Crippen LogP contribution in [0.5, 0.6) is 0 Å². The molecule has 58 valence electrons. The summed E-state index contributed by atoms with van der Waals surface area (Å²) in [5.74, 6) is 0.230. The van der Waals surface area contributed by atoms with E-state index in [1.54, 1.807) is 19.0 Å². The van der Waals surface area contributed by atoms with Crippen LogP contribution < -0.4 is 0 Å². The fourth-order valence-corrected chi connectivity index (χ4v) is 1.13. The van der Waals surface area contributed by atoms with Gasteiger partial charge in [0.25, 0.3) is 0 Å². The van der Waals surface area contributed by atoms with Gasteiger partial charge in [-0.2, -0.15) is 0 Å². The molecule has 0 aliphatic carbocycles. The van der Waals surface area contributed by atoms with E-state index in [9.17, 15) is 4.79 Å². The fraction of sp³-hybridized carbons (Fsp3) is 0.857. The second-order valence-corrected chi connectivity index (χ2v) is 3.02. The zero-order valence-electron chi connectivity index (χ0n) is 6.79. The first-order valence-corrected chi connectivity index (χ1v) is 3.54. The van der Waals surface area contributed by atoms with E-state index in [-0.39, 0.29) is 11.9 Å². The molecule has 0 spiro atoms. The van der Waals surface area contributed by atoms with E-state index in [1.165, 1.54) is 0 Å². The van der Waals surface area contributed by atoms with Crippen molar-refractivity contribution in [3.8, 4) is 0 Å². The molecule has 0 aromatic carbocycles. The van der Waals surface area contributed by atoms with Crippen LogP contribution in [-0.2, 0) is 4.79 Å². The van der Waals surface area contributed by atoms with Gasteiger partial charge < -0.3 is 4.90 Å². The Hall–Kier alpha value is -0.570. The van der Waals surface area contributed by atoms with Gasteiger partial charge in [-0.05, 0) is 13.5 Å². The molecular formula is C7H14N2O. The van der Waals surface area contributed by atoms with Crippen LogP contribution in [0.25, 0.3) is 0 Å². The summed E-state index contributed by atoms with van der Waals surface area (Å²) < 4.78 is 0. The number of rotatable bonds is 1. The first-order valence-electron chi connectivity index (χ1n) is 3.54. The SMILES string of the molecule is CN(C)C(=O)[C@@H]1CCN1C. The Bertz CT molecular complexity index is 145. The number of amides is 1. The molecule has 1 atom stereocenters. The Balaban J connectivity index is 2.42. The lowest BCUT2D eigenvalue weighted by Crippen LogP contribution is -2.53. The first kappa shape index (κ1) is 7.54. The third kappa shape index (κ3) is 1.14. The molecule has 0 aromatic rings. The zero-order valence-corrected chi connectivity index (χ0v) is 6.79. The van der Waals surface area contributed by atoms with Gasteiger partial charge in [-0.15, -0.1) is 0 Å². The molecule has 3 heteroatoms. The van der Waals surface area contributed by atoms with E-state index >= 15 is 0 Å². The third-order valence-electron chi connectivity index (χ3n) is 2.01. The number of likely N-dealkylation sites (tertiary alicyclic amines) is 1. The summed E-state index contributed by atoms with van der Waals surface area (Å²) >= 11 is 0. The quantitative estimate of drug-likeness (QED) is 0.505.